The Morgan fingerprint density at radius 3 is 2.29 bits per heavy atom. The van der Waals surface area contributed by atoms with Gasteiger partial charge in [0.25, 0.3) is 0 Å². The maximum absolute atomic E-state index is 11.6. The molecule has 1 N–H and O–H groups in total. The summed E-state index contributed by atoms with van der Waals surface area (Å²) in [5.41, 5.74) is 0.821. The van der Waals surface area contributed by atoms with E-state index in [0.29, 0.717) is 17.9 Å². The van der Waals surface area contributed by atoms with Gasteiger partial charge in [0, 0.05) is 18.7 Å². The van der Waals surface area contributed by atoms with Gasteiger partial charge in [0.05, 0.1) is 10.6 Å². The summed E-state index contributed by atoms with van der Waals surface area (Å²) in [5, 5.41) is 3.06. The van der Waals surface area contributed by atoms with Crippen molar-refractivity contribution in [3.8, 4) is 0 Å². The predicted octanol–water partition coefficient (Wildman–Crippen LogP) is 1.87. The number of Topliss-reactive ketones (excluding diaryl/α,β-unsaturated/α-hetero) is 1. The van der Waals surface area contributed by atoms with Gasteiger partial charge in [-0.05, 0) is 31.2 Å². The Morgan fingerprint density at radius 1 is 1.24 bits per heavy atom. The number of carbonyl (C=O) groups excluding carboxylic acids is 1. The van der Waals surface area contributed by atoms with Gasteiger partial charge >= 0.3 is 0 Å². The summed E-state index contributed by atoms with van der Waals surface area (Å²) in [6, 6.07) is 6.58. The van der Waals surface area contributed by atoms with Crippen LogP contribution in [0.5, 0.6) is 0 Å². The fourth-order valence-corrected chi connectivity index (χ4v) is 2.21. The SMILES string of the molecule is CCS(=O)(=O)c1ccc(NCCC(C)=O)cc1. The summed E-state index contributed by atoms with van der Waals surface area (Å²) in [6.07, 6.45) is 0.467. The van der Waals surface area contributed by atoms with E-state index in [-0.39, 0.29) is 11.5 Å². The summed E-state index contributed by atoms with van der Waals surface area (Å²) in [6.45, 7) is 3.72. The van der Waals surface area contributed by atoms with Crippen molar-refractivity contribution in [1.82, 2.24) is 0 Å². The molecule has 1 aromatic rings. The molecule has 5 heteroatoms. The number of carbonyl (C=O) groups is 1. The van der Waals surface area contributed by atoms with Gasteiger partial charge in [-0.3, -0.25) is 4.79 Å². The number of anilines is 1. The van der Waals surface area contributed by atoms with Crippen molar-refractivity contribution in [2.24, 2.45) is 0 Å². The van der Waals surface area contributed by atoms with Crippen LogP contribution in [0.25, 0.3) is 0 Å². The van der Waals surface area contributed by atoms with Crippen LogP contribution in [0.1, 0.15) is 20.3 Å². The van der Waals surface area contributed by atoms with E-state index in [1.165, 1.54) is 0 Å². The largest absolute Gasteiger partial charge is 0.385 e. The molecule has 4 nitrogen and oxygen atoms in total. The van der Waals surface area contributed by atoms with Gasteiger partial charge in [-0.25, -0.2) is 8.42 Å². The van der Waals surface area contributed by atoms with E-state index < -0.39 is 9.84 Å². The van der Waals surface area contributed by atoms with Gasteiger partial charge in [-0.1, -0.05) is 6.92 Å². The normalized spacial score (nSPS) is 11.2. The van der Waals surface area contributed by atoms with E-state index >= 15 is 0 Å². The molecule has 0 aliphatic carbocycles. The fourth-order valence-electron chi connectivity index (χ4n) is 1.33. The number of benzene rings is 1. The molecule has 0 bridgehead atoms. The van der Waals surface area contributed by atoms with Crippen LogP contribution in [-0.4, -0.2) is 26.5 Å². The molecular formula is C12H17NO3S. The first-order valence-corrected chi connectivity index (χ1v) is 7.17. The van der Waals surface area contributed by atoms with Crippen molar-refractivity contribution in [3.63, 3.8) is 0 Å². The Labute approximate surface area is 102 Å². The van der Waals surface area contributed by atoms with Crippen LogP contribution in [0.15, 0.2) is 29.2 Å². The van der Waals surface area contributed by atoms with Crippen LogP contribution in [0.2, 0.25) is 0 Å². The highest BCUT2D eigenvalue weighted by Crippen LogP contribution is 2.15. The monoisotopic (exact) mass is 255 g/mol. The van der Waals surface area contributed by atoms with Crippen molar-refractivity contribution < 1.29 is 13.2 Å². The molecule has 0 spiro atoms. The second-order valence-electron chi connectivity index (χ2n) is 3.81. The van der Waals surface area contributed by atoms with E-state index in [4.69, 9.17) is 0 Å². The first kappa shape index (κ1) is 13.7. The minimum atomic E-state index is -3.13. The fraction of sp³-hybridized carbons (Fsp3) is 0.417. The molecule has 94 valence electrons. The third kappa shape index (κ3) is 4.19. The average molecular weight is 255 g/mol. The van der Waals surface area contributed by atoms with Crippen LogP contribution in [0.4, 0.5) is 5.69 Å². The molecular weight excluding hydrogens is 238 g/mol. The Bertz CT molecular complexity index is 477. The van der Waals surface area contributed by atoms with Gasteiger partial charge in [0.15, 0.2) is 9.84 Å². The van der Waals surface area contributed by atoms with Crippen LogP contribution < -0.4 is 5.32 Å². The van der Waals surface area contributed by atoms with Crippen LogP contribution >= 0.6 is 0 Å². The molecule has 0 heterocycles. The first-order chi connectivity index (χ1) is 7.95. The summed E-state index contributed by atoms with van der Waals surface area (Å²) in [7, 11) is -3.13. The third-order valence-electron chi connectivity index (χ3n) is 2.40. The van der Waals surface area contributed by atoms with E-state index in [0.717, 1.165) is 5.69 Å². The number of sulfone groups is 1. The molecule has 0 radical (unpaired) electrons. The Kier molecular flexibility index (Phi) is 4.69. The summed E-state index contributed by atoms with van der Waals surface area (Å²) in [4.78, 5) is 11.1. The van der Waals surface area contributed by atoms with Crippen molar-refractivity contribution in [3.05, 3.63) is 24.3 Å². The third-order valence-corrected chi connectivity index (χ3v) is 4.15. The minimum absolute atomic E-state index is 0.101. The van der Waals surface area contributed by atoms with Gasteiger partial charge in [-0.2, -0.15) is 0 Å². The number of hydrogen-bond donors (Lipinski definition) is 1. The molecule has 1 rings (SSSR count). The zero-order valence-electron chi connectivity index (χ0n) is 10.1. The molecule has 0 aliphatic heterocycles. The summed E-state index contributed by atoms with van der Waals surface area (Å²) >= 11 is 0. The van der Waals surface area contributed by atoms with Crippen molar-refractivity contribution in [2.45, 2.75) is 25.2 Å². The number of nitrogens with one attached hydrogen (secondary N) is 1. The van der Waals surface area contributed by atoms with Crippen molar-refractivity contribution >= 4 is 21.3 Å². The standard InChI is InChI=1S/C12H17NO3S/c1-3-17(15,16)12-6-4-11(5-7-12)13-9-8-10(2)14/h4-7,13H,3,8-9H2,1-2H3. The van der Waals surface area contributed by atoms with Gasteiger partial charge in [-0.15, -0.1) is 0 Å². The highest BCUT2D eigenvalue weighted by molar-refractivity contribution is 7.91. The number of rotatable bonds is 6. The van der Waals surface area contributed by atoms with Crippen LogP contribution in [0.3, 0.4) is 0 Å². The Balaban J connectivity index is 2.66. The number of hydrogen-bond acceptors (Lipinski definition) is 4. The zero-order chi connectivity index (χ0) is 12.9. The molecule has 0 amide bonds. The smallest absolute Gasteiger partial charge is 0.178 e. The van der Waals surface area contributed by atoms with Crippen LogP contribution in [-0.2, 0) is 14.6 Å². The van der Waals surface area contributed by atoms with Crippen molar-refractivity contribution in [1.29, 1.82) is 0 Å². The van der Waals surface area contributed by atoms with Crippen LogP contribution in [0, 0.1) is 0 Å². The first-order valence-electron chi connectivity index (χ1n) is 5.52. The highest BCUT2D eigenvalue weighted by Gasteiger charge is 2.10. The van der Waals surface area contributed by atoms with Crippen molar-refractivity contribution in [2.75, 3.05) is 17.6 Å². The van der Waals surface area contributed by atoms with E-state index in [2.05, 4.69) is 5.32 Å². The Morgan fingerprint density at radius 2 is 1.82 bits per heavy atom. The molecule has 0 saturated heterocycles. The highest BCUT2D eigenvalue weighted by atomic mass is 32.2. The molecule has 0 aliphatic rings. The number of ketones is 1. The zero-order valence-corrected chi connectivity index (χ0v) is 10.9. The van der Waals surface area contributed by atoms with E-state index in [1.54, 1.807) is 38.1 Å². The predicted molar refractivity (Wildman–Crippen MR) is 68.0 cm³/mol. The second kappa shape index (κ2) is 5.82. The minimum Gasteiger partial charge on any atom is -0.385 e. The molecule has 17 heavy (non-hydrogen) atoms. The topological polar surface area (TPSA) is 63.2 Å². The molecule has 0 atom stereocenters. The molecule has 1 aromatic carbocycles. The maximum Gasteiger partial charge on any atom is 0.178 e. The lowest BCUT2D eigenvalue weighted by atomic mass is 10.3. The van der Waals surface area contributed by atoms with E-state index in [1.807, 2.05) is 0 Å². The Hall–Kier alpha value is -1.36. The average Bonchev–Trinajstić information content (AvgIpc) is 2.29. The summed E-state index contributed by atoms with van der Waals surface area (Å²) < 4.78 is 23.1. The molecule has 0 aromatic heterocycles. The lowest BCUT2D eigenvalue weighted by Gasteiger charge is -2.06. The van der Waals surface area contributed by atoms with Gasteiger partial charge < -0.3 is 5.32 Å². The summed E-state index contributed by atoms with van der Waals surface area (Å²) in [5.74, 6) is 0.229. The van der Waals surface area contributed by atoms with Gasteiger partial charge in [0.2, 0.25) is 0 Å². The molecule has 0 fully saturated rings. The lowest BCUT2D eigenvalue weighted by molar-refractivity contribution is -0.116. The molecule has 0 unspecified atom stereocenters. The quantitative estimate of drug-likeness (QED) is 0.843. The van der Waals surface area contributed by atoms with E-state index in [9.17, 15) is 13.2 Å². The second-order valence-corrected chi connectivity index (χ2v) is 6.08. The molecule has 0 saturated carbocycles. The maximum atomic E-state index is 11.6. The van der Waals surface area contributed by atoms with Gasteiger partial charge in [0.1, 0.15) is 5.78 Å². The lowest BCUT2D eigenvalue weighted by Crippen LogP contribution is -2.07.